The van der Waals surface area contributed by atoms with Crippen molar-refractivity contribution in [3.05, 3.63) is 23.8 Å². The van der Waals surface area contributed by atoms with Crippen LogP contribution in [-0.4, -0.2) is 11.2 Å². The van der Waals surface area contributed by atoms with Crippen molar-refractivity contribution in [2.24, 2.45) is 46.3 Å². The molecular formula is C29H48O. The molecule has 0 aromatic carbocycles. The summed E-state index contributed by atoms with van der Waals surface area (Å²) in [5, 5.41) is 10.2. The molecule has 0 aromatic heterocycles. The molecule has 170 valence electrons. The Bertz CT molecular complexity index is 674. The Balaban J connectivity index is 1.48. The van der Waals surface area contributed by atoms with E-state index in [9.17, 15) is 5.11 Å². The molecule has 3 saturated carbocycles. The molecule has 0 bridgehead atoms. The van der Waals surface area contributed by atoms with E-state index in [1.807, 2.05) is 0 Å². The first-order chi connectivity index (χ1) is 14.2. The summed E-state index contributed by atoms with van der Waals surface area (Å²) < 4.78 is 0. The van der Waals surface area contributed by atoms with E-state index < -0.39 is 0 Å². The Morgan fingerprint density at radius 1 is 1.13 bits per heavy atom. The maximum Gasteiger partial charge on any atom is 0.0577 e. The summed E-state index contributed by atoms with van der Waals surface area (Å²) in [4.78, 5) is 0. The van der Waals surface area contributed by atoms with Crippen molar-refractivity contribution < 1.29 is 5.11 Å². The highest BCUT2D eigenvalue weighted by atomic mass is 16.3. The van der Waals surface area contributed by atoms with Crippen molar-refractivity contribution in [2.45, 2.75) is 111 Å². The van der Waals surface area contributed by atoms with E-state index in [0.717, 1.165) is 48.3 Å². The summed E-state index contributed by atoms with van der Waals surface area (Å²) in [5.74, 6) is 4.99. The van der Waals surface area contributed by atoms with Crippen LogP contribution in [0.4, 0.5) is 0 Å². The second kappa shape index (κ2) is 8.42. The Hall–Kier alpha value is -0.560. The first kappa shape index (κ1) is 22.6. The van der Waals surface area contributed by atoms with Crippen molar-refractivity contribution in [1.82, 2.24) is 0 Å². The summed E-state index contributed by atoms with van der Waals surface area (Å²) in [5.41, 5.74) is 4.03. The van der Waals surface area contributed by atoms with Crippen molar-refractivity contribution in [2.75, 3.05) is 0 Å². The highest BCUT2D eigenvalue weighted by Gasteiger charge is 2.58. The van der Waals surface area contributed by atoms with Gasteiger partial charge in [-0.25, -0.2) is 0 Å². The van der Waals surface area contributed by atoms with Crippen LogP contribution in [0, 0.1) is 46.3 Å². The molecule has 4 rings (SSSR count). The highest BCUT2D eigenvalue weighted by Crippen LogP contribution is 2.67. The molecule has 1 nitrogen and oxygen atoms in total. The summed E-state index contributed by atoms with van der Waals surface area (Å²) >= 11 is 0. The van der Waals surface area contributed by atoms with E-state index in [2.05, 4.69) is 40.7 Å². The maximum absolute atomic E-state index is 10.2. The van der Waals surface area contributed by atoms with Crippen LogP contribution in [-0.2, 0) is 0 Å². The molecule has 4 aliphatic carbocycles. The largest absolute Gasteiger partial charge is 0.393 e. The topological polar surface area (TPSA) is 20.2 Å². The number of aliphatic hydroxyl groups is 1. The van der Waals surface area contributed by atoms with Crippen LogP contribution in [0.1, 0.15) is 105 Å². The quantitative estimate of drug-likeness (QED) is 0.439. The van der Waals surface area contributed by atoms with E-state index in [4.69, 9.17) is 6.58 Å². The molecule has 0 saturated heterocycles. The third-order valence-electron chi connectivity index (χ3n) is 10.9. The van der Waals surface area contributed by atoms with Gasteiger partial charge >= 0.3 is 0 Å². The average molecular weight is 413 g/mol. The van der Waals surface area contributed by atoms with Gasteiger partial charge in [0.15, 0.2) is 0 Å². The number of fused-ring (bicyclic) bond motifs is 5. The fourth-order valence-electron chi connectivity index (χ4n) is 8.87. The molecule has 8 unspecified atom stereocenters. The summed E-state index contributed by atoms with van der Waals surface area (Å²) in [6, 6.07) is 0. The minimum Gasteiger partial charge on any atom is -0.393 e. The zero-order valence-corrected chi connectivity index (χ0v) is 20.6. The van der Waals surface area contributed by atoms with Crippen molar-refractivity contribution >= 4 is 0 Å². The molecule has 3 fully saturated rings. The van der Waals surface area contributed by atoms with E-state index in [0.29, 0.717) is 10.8 Å². The minimum absolute atomic E-state index is 0.0910. The third kappa shape index (κ3) is 3.66. The van der Waals surface area contributed by atoms with Gasteiger partial charge in [-0.15, -0.1) is 0 Å². The molecule has 0 aromatic rings. The Kier molecular flexibility index (Phi) is 6.35. The third-order valence-corrected chi connectivity index (χ3v) is 10.9. The number of rotatable bonds is 6. The van der Waals surface area contributed by atoms with Crippen LogP contribution < -0.4 is 0 Å². The van der Waals surface area contributed by atoms with Crippen molar-refractivity contribution in [3.63, 3.8) is 0 Å². The summed E-state index contributed by atoms with van der Waals surface area (Å²) in [6.45, 7) is 17.0. The number of aliphatic hydroxyl groups excluding tert-OH is 1. The van der Waals surface area contributed by atoms with Gasteiger partial charge in [-0.1, -0.05) is 64.8 Å². The molecule has 0 spiro atoms. The number of hydrogen-bond donors (Lipinski definition) is 1. The lowest BCUT2D eigenvalue weighted by atomic mass is 9.47. The molecule has 1 heteroatoms. The van der Waals surface area contributed by atoms with Crippen LogP contribution in [0.25, 0.3) is 0 Å². The van der Waals surface area contributed by atoms with Crippen LogP contribution in [0.2, 0.25) is 0 Å². The van der Waals surface area contributed by atoms with Crippen molar-refractivity contribution in [1.29, 1.82) is 0 Å². The first-order valence-corrected chi connectivity index (χ1v) is 13.3. The Morgan fingerprint density at radius 3 is 2.60 bits per heavy atom. The average Bonchev–Trinajstić information content (AvgIpc) is 3.06. The Morgan fingerprint density at radius 2 is 1.90 bits per heavy atom. The normalized spacial score (nSPS) is 44.1. The van der Waals surface area contributed by atoms with Crippen LogP contribution in [0.5, 0.6) is 0 Å². The lowest BCUT2D eigenvalue weighted by Crippen LogP contribution is -2.50. The molecule has 4 aliphatic rings. The van der Waals surface area contributed by atoms with Gasteiger partial charge in [0, 0.05) is 0 Å². The van der Waals surface area contributed by atoms with Gasteiger partial charge in [0.05, 0.1) is 6.10 Å². The molecule has 8 atom stereocenters. The van der Waals surface area contributed by atoms with Crippen LogP contribution in [0.15, 0.2) is 23.8 Å². The van der Waals surface area contributed by atoms with Gasteiger partial charge in [-0.3, -0.25) is 0 Å². The summed E-state index contributed by atoms with van der Waals surface area (Å²) in [6.07, 6.45) is 16.4. The SMILES string of the molecule is C=C(CCC(CC)C(C)C)C1CCC2C3CC=C4CC(O)CCC4(C)C3CCC12C. The molecular weight excluding hydrogens is 364 g/mol. The fraction of sp³-hybridized carbons (Fsp3) is 0.862. The van der Waals surface area contributed by atoms with Gasteiger partial charge < -0.3 is 5.11 Å². The lowest BCUT2D eigenvalue weighted by Gasteiger charge is -2.58. The molecule has 30 heavy (non-hydrogen) atoms. The lowest BCUT2D eigenvalue weighted by molar-refractivity contribution is -0.0457. The van der Waals surface area contributed by atoms with E-state index >= 15 is 0 Å². The number of allylic oxidation sites excluding steroid dienone is 2. The summed E-state index contributed by atoms with van der Waals surface area (Å²) in [7, 11) is 0. The van der Waals surface area contributed by atoms with Gasteiger partial charge in [0.1, 0.15) is 0 Å². The van der Waals surface area contributed by atoms with E-state index in [-0.39, 0.29) is 6.10 Å². The van der Waals surface area contributed by atoms with Crippen LogP contribution in [0.3, 0.4) is 0 Å². The molecule has 0 radical (unpaired) electrons. The monoisotopic (exact) mass is 412 g/mol. The minimum atomic E-state index is -0.0910. The van der Waals surface area contributed by atoms with Crippen molar-refractivity contribution in [3.8, 4) is 0 Å². The zero-order valence-electron chi connectivity index (χ0n) is 20.6. The van der Waals surface area contributed by atoms with Gasteiger partial charge in [-0.2, -0.15) is 0 Å². The number of hydrogen-bond acceptors (Lipinski definition) is 1. The van der Waals surface area contributed by atoms with E-state index in [1.165, 1.54) is 57.8 Å². The van der Waals surface area contributed by atoms with Gasteiger partial charge in [0.2, 0.25) is 0 Å². The highest BCUT2D eigenvalue weighted by molar-refractivity contribution is 5.26. The maximum atomic E-state index is 10.2. The smallest absolute Gasteiger partial charge is 0.0577 e. The Labute approximate surface area is 186 Å². The molecule has 1 N–H and O–H groups in total. The van der Waals surface area contributed by atoms with Gasteiger partial charge in [-0.05, 0) is 111 Å². The predicted molar refractivity (Wildman–Crippen MR) is 128 cm³/mol. The standard InChI is InChI=1S/C29H48O/c1-7-21(19(2)3)9-8-20(4)25-12-13-26-24-11-10-22-18-23(30)14-16-28(22,5)27(24)15-17-29(25,26)6/h10,19,21,23-27,30H,4,7-9,11-18H2,1-3,5-6H3. The first-order valence-electron chi connectivity index (χ1n) is 13.3. The second-order valence-corrected chi connectivity index (χ2v) is 12.4. The molecule has 0 amide bonds. The second-order valence-electron chi connectivity index (χ2n) is 12.4. The zero-order chi connectivity index (χ0) is 21.7. The molecule has 0 aliphatic heterocycles. The predicted octanol–water partition coefficient (Wildman–Crippen LogP) is 7.94. The molecule has 0 heterocycles. The fourth-order valence-corrected chi connectivity index (χ4v) is 8.87. The van der Waals surface area contributed by atoms with Crippen LogP contribution >= 0.6 is 0 Å². The van der Waals surface area contributed by atoms with E-state index in [1.54, 1.807) is 11.1 Å². The van der Waals surface area contributed by atoms with Gasteiger partial charge in [0.25, 0.3) is 0 Å².